The first kappa shape index (κ1) is 38.0. The summed E-state index contributed by atoms with van der Waals surface area (Å²) in [6.45, 7) is 2.58. The van der Waals surface area contributed by atoms with Crippen LogP contribution in [0, 0.1) is 0 Å². The van der Waals surface area contributed by atoms with Gasteiger partial charge in [0, 0.05) is 5.56 Å². The number of nitrogens with one attached hydrogen (secondary N) is 1. The number of esters is 1. The smallest absolute Gasteiger partial charge is 0.338 e. The molecule has 0 aliphatic rings. The largest absolute Gasteiger partial charge is 0.497 e. The number of carbonyl (C=O) groups is 3. The number of aromatic nitrogens is 2. The molecule has 1 aromatic heterocycles. The highest BCUT2D eigenvalue weighted by molar-refractivity contribution is 6.34. The van der Waals surface area contributed by atoms with Crippen molar-refractivity contribution in [1.29, 1.82) is 0 Å². The molecule has 0 spiro atoms. The number of methoxy groups -OCH3 is 1. The van der Waals surface area contributed by atoms with Crippen LogP contribution in [0.2, 0.25) is 5.02 Å². The molecule has 10 nitrogen and oxygen atoms in total. The molecule has 1 heterocycles. The number of hydrogen-bond donors (Lipinski definition) is 2. The number of aromatic hydroxyl groups is 1. The molecule has 0 radical (unpaired) electrons. The van der Waals surface area contributed by atoms with E-state index in [0.717, 1.165) is 29.4 Å². The zero-order valence-electron chi connectivity index (χ0n) is 28.7. The number of imidazole rings is 1. The van der Waals surface area contributed by atoms with Crippen LogP contribution in [0.1, 0.15) is 103 Å². The Labute approximate surface area is 298 Å². The Morgan fingerprint density at radius 2 is 1.46 bits per heavy atom. The zero-order chi connectivity index (χ0) is 35.9. The van der Waals surface area contributed by atoms with Crippen LogP contribution >= 0.6 is 11.6 Å². The van der Waals surface area contributed by atoms with Crippen molar-refractivity contribution in [3.05, 3.63) is 111 Å². The Morgan fingerprint density at radius 1 is 0.840 bits per heavy atom. The first-order valence-corrected chi connectivity index (χ1v) is 17.6. The van der Waals surface area contributed by atoms with Gasteiger partial charge in [-0.1, -0.05) is 107 Å². The molecule has 4 aromatic rings. The highest BCUT2D eigenvalue weighted by Crippen LogP contribution is 2.27. The number of ketones is 1. The number of carbonyl (C=O) groups excluding carboxylic acids is 3. The van der Waals surface area contributed by atoms with E-state index in [1.54, 1.807) is 12.1 Å². The molecule has 266 valence electrons. The van der Waals surface area contributed by atoms with Crippen LogP contribution in [0.15, 0.2) is 83.8 Å². The quantitative estimate of drug-likeness (QED) is 0.0411. The van der Waals surface area contributed by atoms with Crippen molar-refractivity contribution in [1.82, 2.24) is 9.13 Å². The lowest BCUT2D eigenvalue weighted by Gasteiger charge is -2.18. The molecule has 0 saturated heterocycles. The molecule has 4 rings (SSSR count). The third kappa shape index (κ3) is 10.6. The van der Waals surface area contributed by atoms with Crippen LogP contribution in [0.5, 0.6) is 11.6 Å². The molecule has 0 bridgehead atoms. The van der Waals surface area contributed by atoms with E-state index in [2.05, 4.69) is 12.2 Å². The SMILES string of the molecule is CCCCCCCCCCCCOC(=O)c1ccc(Cl)c(NC(=O)C(C(=O)c2ccc(OC)cc2)n2c(O)cn(Cc3ccccc3)c2=O)c1. The average molecular weight is 704 g/mol. The van der Waals surface area contributed by atoms with Crippen molar-refractivity contribution in [2.45, 2.75) is 83.7 Å². The number of halogens is 1. The van der Waals surface area contributed by atoms with Crippen LogP contribution in [0.3, 0.4) is 0 Å². The maximum absolute atomic E-state index is 13.9. The highest BCUT2D eigenvalue weighted by Gasteiger charge is 2.34. The first-order valence-electron chi connectivity index (χ1n) is 17.2. The van der Waals surface area contributed by atoms with Gasteiger partial charge < -0.3 is 19.9 Å². The van der Waals surface area contributed by atoms with Crippen LogP contribution < -0.4 is 15.7 Å². The van der Waals surface area contributed by atoms with E-state index in [0.29, 0.717) is 5.75 Å². The van der Waals surface area contributed by atoms with E-state index < -0.39 is 35.3 Å². The van der Waals surface area contributed by atoms with E-state index >= 15 is 0 Å². The first-order chi connectivity index (χ1) is 24.2. The molecule has 1 amide bonds. The third-order valence-corrected chi connectivity index (χ3v) is 8.82. The van der Waals surface area contributed by atoms with Crippen LogP contribution in [-0.2, 0) is 16.1 Å². The second kappa shape index (κ2) is 19.4. The van der Waals surface area contributed by atoms with Gasteiger partial charge in [0.15, 0.2) is 11.8 Å². The molecule has 1 atom stereocenters. The summed E-state index contributed by atoms with van der Waals surface area (Å²) in [7, 11) is 1.48. The fourth-order valence-electron chi connectivity index (χ4n) is 5.68. The minimum absolute atomic E-state index is 0.0360. The topological polar surface area (TPSA) is 129 Å². The summed E-state index contributed by atoms with van der Waals surface area (Å²) in [4.78, 5) is 54.3. The molecule has 2 N–H and O–H groups in total. The van der Waals surface area contributed by atoms with Crippen LogP contribution in [-0.4, -0.2) is 45.6 Å². The Balaban J connectivity index is 1.47. The molecule has 3 aromatic carbocycles. The number of hydrogen-bond acceptors (Lipinski definition) is 7. The summed E-state index contributed by atoms with van der Waals surface area (Å²) < 4.78 is 12.6. The summed E-state index contributed by atoms with van der Waals surface area (Å²) in [5.41, 5.74) is 0.294. The zero-order valence-corrected chi connectivity index (χ0v) is 29.5. The maximum Gasteiger partial charge on any atom is 0.338 e. The van der Waals surface area contributed by atoms with Crippen molar-refractivity contribution < 1.29 is 29.0 Å². The fourth-order valence-corrected chi connectivity index (χ4v) is 5.85. The molecule has 0 aliphatic carbocycles. The van der Waals surface area contributed by atoms with Crippen molar-refractivity contribution in [3.63, 3.8) is 0 Å². The lowest BCUT2D eigenvalue weighted by Crippen LogP contribution is -2.39. The van der Waals surface area contributed by atoms with Crippen LogP contribution in [0.4, 0.5) is 5.69 Å². The number of benzene rings is 3. The van der Waals surface area contributed by atoms with Crippen molar-refractivity contribution in [2.24, 2.45) is 0 Å². The predicted molar refractivity (Wildman–Crippen MR) is 194 cm³/mol. The number of anilines is 1. The summed E-state index contributed by atoms with van der Waals surface area (Å²) in [6.07, 6.45) is 12.8. The van der Waals surface area contributed by atoms with Crippen molar-refractivity contribution >= 4 is 34.9 Å². The normalized spacial score (nSPS) is 11.6. The standard InChI is InChI=1S/C39H46ClN3O7/c1-3-4-5-6-7-8-9-10-11-15-24-50-38(47)30-20-23-32(40)33(25-30)41-37(46)35(36(45)29-18-21-31(49-2)22-19-29)43-34(44)27-42(39(43)48)26-28-16-13-12-14-17-28/h12-14,16-23,25,27,35,44H,3-11,15,24,26H2,1-2H3,(H,41,46). The van der Waals surface area contributed by atoms with Crippen molar-refractivity contribution in [3.8, 4) is 11.6 Å². The molecular weight excluding hydrogens is 658 g/mol. The van der Waals surface area contributed by atoms with Gasteiger partial charge >= 0.3 is 11.7 Å². The molecule has 0 saturated carbocycles. The molecule has 50 heavy (non-hydrogen) atoms. The van der Waals surface area contributed by atoms with Gasteiger partial charge in [-0.05, 0) is 54.4 Å². The van der Waals surface area contributed by atoms with E-state index in [4.69, 9.17) is 21.1 Å². The van der Waals surface area contributed by atoms with Crippen molar-refractivity contribution in [2.75, 3.05) is 19.0 Å². The van der Waals surface area contributed by atoms with Gasteiger partial charge in [-0.2, -0.15) is 0 Å². The number of amides is 1. The third-order valence-electron chi connectivity index (χ3n) is 8.49. The summed E-state index contributed by atoms with van der Waals surface area (Å²) in [6, 6.07) is 17.6. The minimum atomic E-state index is -1.82. The lowest BCUT2D eigenvalue weighted by atomic mass is 10.0. The second-order valence-electron chi connectivity index (χ2n) is 12.3. The van der Waals surface area contributed by atoms with E-state index in [1.165, 1.54) is 93.2 Å². The molecular formula is C39H46ClN3O7. The Morgan fingerprint density at radius 3 is 2.10 bits per heavy atom. The Hall–Kier alpha value is -4.83. The van der Waals surface area contributed by atoms with E-state index in [-0.39, 0.29) is 35.0 Å². The van der Waals surface area contributed by atoms with Gasteiger partial charge in [0.25, 0.3) is 5.91 Å². The minimum Gasteiger partial charge on any atom is -0.497 e. The highest BCUT2D eigenvalue weighted by atomic mass is 35.5. The summed E-state index contributed by atoms with van der Waals surface area (Å²) in [5.74, 6) is -2.38. The number of Topliss-reactive ketones (excluding diaryl/α,β-unsaturated/α-hetero) is 1. The van der Waals surface area contributed by atoms with Gasteiger partial charge in [-0.3, -0.25) is 14.2 Å². The van der Waals surface area contributed by atoms with Crippen LogP contribution in [0.25, 0.3) is 0 Å². The second-order valence-corrected chi connectivity index (χ2v) is 12.7. The van der Waals surface area contributed by atoms with E-state index in [9.17, 15) is 24.3 Å². The van der Waals surface area contributed by atoms with Gasteiger partial charge in [-0.25, -0.2) is 14.2 Å². The molecule has 0 fully saturated rings. The molecule has 11 heteroatoms. The van der Waals surface area contributed by atoms with Gasteiger partial charge in [-0.15, -0.1) is 0 Å². The summed E-state index contributed by atoms with van der Waals surface area (Å²) in [5, 5.41) is 13.6. The maximum atomic E-state index is 13.9. The monoisotopic (exact) mass is 703 g/mol. The fraction of sp³-hybridized carbons (Fsp3) is 0.385. The number of rotatable bonds is 20. The van der Waals surface area contributed by atoms with E-state index in [1.807, 2.05) is 30.3 Å². The summed E-state index contributed by atoms with van der Waals surface area (Å²) >= 11 is 6.42. The number of ether oxygens (including phenoxy) is 2. The Kier molecular flexibility index (Phi) is 14.7. The predicted octanol–water partition coefficient (Wildman–Crippen LogP) is 8.21. The number of unbranched alkanes of at least 4 members (excludes halogenated alkanes) is 9. The average Bonchev–Trinajstić information content (AvgIpc) is 3.39. The Bertz CT molecular complexity index is 1770. The van der Waals surface area contributed by atoms with Gasteiger partial charge in [0.1, 0.15) is 5.75 Å². The number of nitrogens with zero attached hydrogens (tertiary/aromatic N) is 2. The molecule has 0 aliphatic heterocycles. The van der Waals surface area contributed by atoms with Gasteiger partial charge in [0.2, 0.25) is 5.88 Å². The molecule has 1 unspecified atom stereocenters. The lowest BCUT2D eigenvalue weighted by molar-refractivity contribution is -0.118. The van der Waals surface area contributed by atoms with Gasteiger partial charge in [0.05, 0.1) is 42.7 Å².